The van der Waals surface area contributed by atoms with Crippen LogP contribution in [-0.4, -0.2) is 60.9 Å². The summed E-state index contributed by atoms with van der Waals surface area (Å²) in [4.78, 5) is 40.0. The lowest BCUT2D eigenvalue weighted by Gasteiger charge is -2.35. The number of benzene rings is 2. The van der Waals surface area contributed by atoms with E-state index >= 15 is 0 Å². The summed E-state index contributed by atoms with van der Waals surface area (Å²) in [5.41, 5.74) is 1.52. The highest BCUT2D eigenvalue weighted by Crippen LogP contribution is 2.17. The SMILES string of the molecule is COc1cccc(CCC(=O)N2CCN(C(=O)c3cccc(OC(C)=O)c3)CC2)c1. The Labute approximate surface area is 176 Å². The van der Waals surface area contributed by atoms with Crippen molar-refractivity contribution in [3.05, 3.63) is 59.7 Å². The van der Waals surface area contributed by atoms with Gasteiger partial charge < -0.3 is 19.3 Å². The first kappa shape index (κ1) is 21.4. The third-order valence-electron chi connectivity index (χ3n) is 5.02. The Balaban J connectivity index is 1.50. The van der Waals surface area contributed by atoms with Crippen molar-refractivity contribution in [3.63, 3.8) is 0 Å². The van der Waals surface area contributed by atoms with Gasteiger partial charge in [-0.25, -0.2) is 0 Å². The van der Waals surface area contributed by atoms with Crippen molar-refractivity contribution in [3.8, 4) is 11.5 Å². The number of rotatable bonds is 6. The van der Waals surface area contributed by atoms with Crippen LogP contribution in [0.1, 0.15) is 29.3 Å². The van der Waals surface area contributed by atoms with Crippen LogP contribution >= 0.6 is 0 Å². The van der Waals surface area contributed by atoms with Crippen LogP contribution in [0.25, 0.3) is 0 Å². The van der Waals surface area contributed by atoms with E-state index in [0.29, 0.717) is 50.3 Å². The molecular weight excluding hydrogens is 384 g/mol. The molecule has 1 saturated heterocycles. The van der Waals surface area contributed by atoms with Crippen molar-refractivity contribution in [2.24, 2.45) is 0 Å². The van der Waals surface area contributed by atoms with Crippen molar-refractivity contribution in [1.29, 1.82) is 0 Å². The molecule has 1 aliphatic rings. The number of nitrogens with zero attached hydrogens (tertiary/aromatic N) is 2. The molecule has 0 unspecified atom stereocenters. The topological polar surface area (TPSA) is 76.2 Å². The fourth-order valence-electron chi connectivity index (χ4n) is 3.44. The highest BCUT2D eigenvalue weighted by Gasteiger charge is 2.25. The summed E-state index contributed by atoms with van der Waals surface area (Å²) in [7, 11) is 1.62. The second kappa shape index (κ2) is 9.91. The Morgan fingerprint density at radius 2 is 1.57 bits per heavy atom. The molecule has 2 aromatic rings. The van der Waals surface area contributed by atoms with E-state index in [-0.39, 0.29) is 11.8 Å². The summed E-state index contributed by atoms with van der Waals surface area (Å²) in [6.07, 6.45) is 1.07. The van der Waals surface area contributed by atoms with Crippen LogP contribution < -0.4 is 9.47 Å². The number of carbonyl (C=O) groups is 3. The molecule has 0 aromatic heterocycles. The molecule has 1 heterocycles. The Bertz CT molecular complexity index is 919. The Hall–Kier alpha value is -3.35. The van der Waals surface area contributed by atoms with Gasteiger partial charge in [-0.05, 0) is 42.3 Å². The predicted molar refractivity (Wildman–Crippen MR) is 112 cm³/mol. The summed E-state index contributed by atoms with van der Waals surface area (Å²) in [6.45, 7) is 3.28. The zero-order chi connectivity index (χ0) is 21.5. The number of aryl methyl sites for hydroxylation is 1. The molecule has 2 aromatic carbocycles. The van der Waals surface area contributed by atoms with Gasteiger partial charge in [-0.3, -0.25) is 14.4 Å². The minimum absolute atomic E-state index is 0.0850. The largest absolute Gasteiger partial charge is 0.497 e. The average molecular weight is 410 g/mol. The van der Waals surface area contributed by atoms with Crippen molar-refractivity contribution in [1.82, 2.24) is 9.80 Å². The van der Waals surface area contributed by atoms with Gasteiger partial charge >= 0.3 is 5.97 Å². The van der Waals surface area contributed by atoms with Crippen LogP contribution in [0.2, 0.25) is 0 Å². The molecule has 7 nitrogen and oxygen atoms in total. The second-order valence-electron chi connectivity index (χ2n) is 7.15. The molecule has 30 heavy (non-hydrogen) atoms. The molecule has 7 heteroatoms. The van der Waals surface area contributed by atoms with Crippen molar-refractivity contribution in [2.75, 3.05) is 33.3 Å². The van der Waals surface area contributed by atoms with Gasteiger partial charge in [0.25, 0.3) is 5.91 Å². The Morgan fingerprint density at radius 3 is 2.27 bits per heavy atom. The van der Waals surface area contributed by atoms with Crippen LogP contribution in [0.3, 0.4) is 0 Å². The van der Waals surface area contributed by atoms with E-state index in [9.17, 15) is 14.4 Å². The number of amides is 2. The molecule has 0 atom stereocenters. The van der Waals surface area contributed by atoms with Crippen LogP contribution in [0, 0.1) is 0 Å². The lowest BCUT2D eigenvalue weighted by molar-refractivity contribution is -0.133. The predicted octanol–water partition coefficient (Wildman–Crippen LogP) is 2.54. The smallest absolute Gasteiger partial charge is 0.308 e. The summed E-state index contributed by atoms with van der Waals surface area (Å²) in [6, 6.07) is 14.3. The van der Waals surface area contributed by atoms with Gasteiger partial charge in [0.1, 0.15) is 11.5 Å². The van der Waals surface area contributed by atoms with E-state index in [0.717, 1.165) is 11.3 Å². The van der Waals surface area contributed by atoms with Gasteiger partial charge in [0, 0.05) is 45.1 Å². The molecular formula is C23H26N2O5. The van der Waals surface area contributed by atoms with Crippen LogP contribution in [0.15, 0.2) is 48.5 Å². The number of hydrogen-bond donors (Lipinski definition) is 0. The Morgan fingerprint density at radius 1 is 0.900 bits per heavy atom. The molecule has 0 bridgehead atoms. The highest BCUT2D eigenvalue weighted by atomic mass is 16.5. The third-order valence-corrected chi connectivity index (χ3v) is 5.02. The van der Waals surface area contributed by atoms with Crippen molar-refractivity contribution in [2.45, 2.75) is 19.8 Å². The lowest BCUT2D eigenvalue weighted by atomic mass is 10.1. The van der Waals surface area contributed by atoms with Crippen LogP contribution in [0.5, 0.6) is 11.5 Å². The fraction of sp³-hybridized carbons (Fsp3) is 0.348. The Kier molecular flexibility index (Phi) is 7.06. The summed E-state index contributed by atoms with van der Waals surface area (Å²) >= 11 is 0. The van der Waals surface area contributed by atoms with E-state index < -0.39 is 5.97 Å². The molecule has 0 spiro atoms. The van der Waals surface area contributed by atoms with Crippen LogP contribution in [-0.2, 0) is 16.0 Å². The molecule has 158 valence electrons. The molecule has 0 N–H and O–H groups in total. The number of ether oxygens (including phenoxy) is 2. The van der Waals surface area contributed by atoms with E-state index in [1.807, 2.05) is 24.3 Å². The number of piperazine rings is 1. The van der Waals surface area contributed by atoms with E-state index in [1.54, 1.807) is 41.2 Å². The maximum Gasteiger partial charge on any atom is 0.308 e. The normalized spacial score (nSPS) is 13.7. The third kappa shape index (κ3) is 5.59. The quantitative estimate of drug-likeness (QED) is 0.540. The molecule has 0 saturated carbocycles. The van der Waals surface area contributed by atoms with Gasteiger partial charge in [-0.1, -0.05) is 18.2 Å². The molecule has 0 aliphatic carbocycles. The van der Waals surface area contributed by atoms with Gasteiger partial charge in [-0.2, -0.15) is 0 Å². The minimum atomic E-state index is -0.430. The number of esters is 1. The maximum absolute atomic E-state index is 12.8. The van der Waals surface area contributed by atoms with E-state index in [2.05, 4.69) is 0 Å². The van der Waals surface area contributed by atoms with Gasteiger partial charge in [0.2, 0.25) is 5.91 Å². The van der Waals surface area contributed by atoms with E-state index in [4.69, 9.17) is 9.47 Å². The summed E-state index contributed by atoms with van der Waals surface area (Å²) in [5.74, 6) is 0.652. The zero-order valence-corrected chi connectivity index (χ0v) is 17.3. The standard InChI is InChI=1S/C23H26N2O5/c1-17(26)30-21-8-4-6-19(16-21)23(28)25-13-11-24(12-14-25)22(27)10-9-18-5-3-7-20(15-18)29-2/h3-8,15-16H,9-14H2,1-2H3. The zero-order valence-electron chi connectivity index (χ0n) is 17.3. The van der Waals surface area contributed by atoms with Gasteiger partial charge in [-0.15, -0.1) is 0 Å². The summed E-state index contributed by atoms with van der Waals surface area (Å²) in [5, 5.41) is 0. The van der Waals surface area contributed by atoms with E-state index in [1.165, 1.54) is 6.92 Å². The van der Waals surface area contributed by atoms with Crippen LogP contribution in [0.4, 0.5) is 0 Å². The average Bonchev–Trinajstić information content (AvgIpc) is 2.77. The maximum atomic E-state index is 12.8. The first-order chi connectivity index (χ1) is 14.5. The first-order valence-electron chi connectivity index (χ1n) is 9.94. The van der Waals surface area contributed by atoms with Gasteiger partial charge in [0.05, 0.1) is 7.11 Å². The van der Waals surface area contributed by atoms with Gasteiger partial charge in [0.15, 0.2) is 0 Å². The highest BCUT2D eigenvalue weighted by molar-refractivity contribution is 5.95. The van der Waals surface area contributed by atoms with Crippen molar-refractivity contribution >= 4 is 17.8 Å². The minimum Gasteiger partial charge on any atom is -0.497 e. The summed E-state index contributed by atoms with van der Waals surface area (Å²) < 4.78 is 10.3. The fourth-order valence-corrected chi connectivity index (χ4v) is 3.44. The number of carbonyl (C=O) groups excluding carboxylic acids is 3. The monoisotopic (exact) mass is 410 g/mol. The molecule has 0 radical (unpaired) electrons. The number of methoxy groups -OCH3 is 1. The second-order valence-corrected chi connectivity index (χ2v) is 7.15. The molecule has 3 rings (SSSR count). The molecule has 1 aliphatic heterocycles. The first-order valence-corrected chi connectivity index (χ1v) is 9.94. The molecule has 1 fully saturated rings. The van der Waals surface area contributed by atoms with Crippen molar-refractivity contribution < 1.29 is 23.9 Å². The number of hydrogen-bond acceptors (Lipinski definition) is 5. The lowest BCUT2D eigenvalue weighted by Crippen LogP contribution is -2.50. The molecule has 2 amide bonds.